The molecule has 1 aliphatic heterocycles. The molecule has 0 saturated heterocycles. The van der Waals surface area contributed by atoms with Crippen molar-refractivity contribution < 1.29 is 9.59 Å². The number of nitrogens with one attached hydrogen (secondary N) is 3. The number of rotatable bonds is 6. The first-order valence-electron chi connectivity index (χ1n) is 13.6. The highest BCUT2D eigenvalue weighted by Gasteiger charge is 2.25. The molecule has 0 unspecified atom stereocenters. The summed E-state index contributed by atoms with van der Waals surface area (Å²) in [5.74, 6) is -0.167. The SMILES string of the molecule is O=C(NC1CC1)c1cccc(-c2cccc(-c3cc(Nc4cncc5ccccc45)c4c(n3)CCNC4=O)c2)c1. The average molecular weight is 526 g/mol. The Bertz CT molecular complexity index is 1790. The molecule has 0 atom stereocenters. The zero-order valence-electron chi connectivity index (χ0n) is 21.8. The molecule has 0 radical (unpaired) electrons. The summed E-state index contributed by atoms with van der Waals surface area (Å²) in [5.41, 5.74) is 7.15. The molecular weight excluding hydrogens is 498 g/mol. The smallest absolute Gasteiger partial charge is 0.255 e. The Balaban J connectivity index is 1.28. The van der Waals surface area contributed by atoms with E-state index in [0.717, 1.165) is 57.4 Å². The molecule has 2 aromatic heterocycles. The Hall–Kier alpha value is -5.04. The van der Waals surface area contributed by atoms with Gasteiger partial charge in [-0.05, 0) is 48.2 Å². The maximum absolute atomic E-state index is 13.0. The summed E-state index contributed by atoms with van der Waals surface area (Å²) in [6.45, 7) is 0.549. The van der Waals surface area contributed by atoms with E-state index in [9.17, 15) is 9.59 Å². The van der Waals surface area contributed by atoms with E-state index in [1.807, 2.05) is 79.0 Å². The van der Waals surface area contributed by atoms with Gasteiger partial charge in [0.15, 0.2) is 0 Å². The summed E-state index contributed by atoms with van der Waals surface area (Å²) in [4.78, 5) is 34.9. The molecule has 3 aromatic carbocycles. The van der Waals surface area contributed by atoms with Crippen LogP contribution in [0.5, 0.6) is 0 Å². The van der Waals surface area contributed by atoms with Crippen LogP contribution in [0.25, 0.3) is 33.2 Å². The predicted molar refractivity (Wildman–Crippen MR) is 157 cm³/mol. The van der Waals surface area contributed by atoms with Crippen molar-refractivity contribution >= 4 is 34.0 Å². The molecule has 3 N–H and O–H groups in total. The molecule has 0 spiro atoms. The maximum atomic E-state index is 13.0. The number of fused-ring (bicyclic) bond motifs is 2. The van der Waals surface area contributed by atoms with Gasteiger partial charge in [0, 0.05) is 47.1 Å². The van der Waals surface area contributed by atoms with E-state index in [-0.39, 0.29) is 11.8 Å². The van der Waals surface area contributed by atoms with Gasteiger partial charge in [0.2, 0.25) is 0 Å². The molecule has 7 nitrogen and oxygen atoms in total. The molecule has 5 aromatic rings. The monoisotopic (exact) mass is 525 g/mol. The molecule has 2 amide bonds. The van der Waals surface area contributed by atoms with Crippen LogP contribution in [0.3, 0.4) is 0 Å². The molecule has 1 saturated carbocycles. The molecule has 7 rings (SSSR count). The number of nitrogens with zero attached hydrogens (tertiary/aromatic N) is 2. The lowest BCUT2D eigenvalue weighted by Gasteiger charge is -2.21. The second kappa shape index (κ2) is 9.93. The fourth-order valence-corrected chi connectivity index (χ4v) is 5.22. The van der Waals surface area contributed by atoms with Crippen molar-refractivity contribution in [2.75, 3.05) is 11.9 Å². The number of hydrogen-bond donors (Lipinski definition) is 3. The Morgan fingerprint density at radius 2 is 1.65 bits per heavy atom. The zero-order valence-corrected chi connectivity index (χ0v) is 21.8. The topological polar surface area (TPSA) is 96.0 Å². The summed E-state index contributed by atoms with van der Waals surface area (Å²) in [5, 5.41) is 11.5. The summed E-state index contributed by atoms with van der Waals surface area (Å²) in [6.07, 6.45) is 6.36. The van der Waals surface area contributed by atoms with E-state index in [2.05, 4.69) is 27.0 Å². The normalized spacial score (nSPS) is 14.3. The third-order valence-electron chi connectivity index (χ3n) is 7.44. The number of anilines is 2. The number of pyridine rings is 2. The number of hydrogen-bond acceptors (Lipinski definition) is 5. The van der Waals surface area contributed by atoms with Crippen molar-refractivity contribution in [3.63, 3.8) is 0 Å². The molecule has 7 heteroatoms. The molecule has 2 aliphatic rings. The molecule has 1 aliphatic carbocycles. The van der Waals surface area contributed by atoms with E-state index >= 15 is 0 Å². The lowest BCUT2D eigenvalue weighted by molar-refractivity contribution is 0.0939. The second-order valence-electron chi connectivity index (χ2n) is 10.3. The minimum absolute atomic E-state index is 0.0335. The van der Waals surface area contributed by atoms with Gasteiger partial charge in [-0.2, -0.15) is 0 Å². The van der Waals surface area contributed by atoms with Gasteiger partial charge in [-0.3, -0.25) is 19.6 Å². The van der Waals surface area contributed by atoms with Crippen LogP contribution < -0.4 is 16.0 Å². The third kappa shape index (κ3) is 4.66. The van der Waals surface area contributed by atoms with Gasteiger partial charge in [-0.1, -0.05) is 54.6 Å². The van der Waals surface area contributed by atoms with Gasteiger partial charge in [0.1, 0.15) is 0 Å². The van der Waals surface area contributed by atoms with Crippen LogP contribution in [0.15, 0.2) is 91.3 Å². The lowest BCUT2D eigenvalue weighted by atomic mass is 9.97. The number of amides is 2. The molecule has 0 bridgehead atoms. The minimum atomic E-state index is -0.133. The quantitative estimate of drug-likeness (QED) is 0.257. The van der Waals surface area contributed by atoms with Crippen LogP contribution >= 0.6 is 0 Å². The van der Waals surface area contributed by atoms with Gasteiger partial charge in [-0.25, -0.2) is 0 Å². The Kier molecular flexibility index (Phi) is 5.96. The highest BCUT2D eigenvalue weighted by Crippen LogP contribution is 2.34. The first-order chi connectivity index (χ1) is 19.6. The van der Waals surface area contributed by atoms with Crippen molar-refractivity contribution in [3.05, 3.63) is 108 Å². The first kappa shape index (κ1) is 24.0. The fraction of sp³-hybridized carbons (Fsp3) is 0.152. The van der Waals surface area contributed by atoms with E-state index in [1.165, 1.54) is 0 Å². The molecule has 196 valence electrons. The van der Waals surface area contributed by atoms with Crippen LogP contribution in [0.2, 0.25) is 0 Å². The van der Waals surface area contributed by atoms with Crippen LogP contribution in [0.4, 0.5) is 11.4 Å². The molecule has 1 fully saturated rings. The van der Waals surface area contributed by atoms with E-state index in [1.54, 1.807) is 6.20 Å². The van der Waals surface area contributed by atoms with Crippen molar-refractivity contribution in [2.45, 2.75) is 25.3 Å². The Labute approximate surface area is 231 Å². The van der Waals surface area contributed by atoms with Gasteiger partial charge in [0.05, 0.1) is 34.5 Å². The van der Waals surface area contributed by atoms with Gasteiger partial charge < -0.3 is 16.0 Å². The van der Waals surface area contributed by atoms with Crippen LogP contribution in [0, 0.1) is 0 Å². The van der Waals surface area contributed by atoms with Crippen molar-refractivity contribution in [1.82, 2.24) is 20.6 Å². The third-order valence-corrected chi connectivity index (χ3v) is 7.44. The average Bonchev–Trinajstić information content (AvgIpc) is 3.81. The zero-order chi connectivity index (χ0) is 27.1. The van der Waals surface area contributed by atoms with Gasteiger partial charge in [-0.15, -0.1) is 0 Å². The molecular formula is C33H27N5O2. The van der Waals surface area contributed by atoms with Crippen molar-refractivity contribution in [3.8, 4) is 22.4 Å². The maximum Gasteiger partial charge on any atom is 0.255 e. The van der Waals surface area contributed by atoms with Crippen LogP contribution in [-0.2, 0) is 6.42 Å². The highest BCUT2D eigenvalue weighted by atomic mass is 16.2. The predicted octanol–water partition coefficient (Wildman–Crippen LogP) is 5.89. The number of aromatic nitrogens is 2. The first-order valence-corrected chi connectivity index (χ1v) is 13.6. The largest absolute Gasteiger partial charge is 0.353 e. The van der Waals surface area contributed by atoms with Crippen LogP contribution in [0.1, 0.15) is 39.3 Å². The van der Waals surface area contributed by atoms with E-state index < -0.39 is 0 Å². The number of carbonyl (C=O) groups is 2. The fourth-order valence-electron chi connectivity index (χ4n) is 5.22. The van der Waals surface area contributed by atoms with Crippen molar-refractivity contribution in [2.24, 2.45) is 0 Å². The van der Waals surface area contributed by atoms with Crippen molar-refractivity contribution in [1.29, 1.82) is 0 Å². The summed E-state index contributed by atoms with van der Waals surface area (Å²) >= 11 is 0. The standard InChI is InChI=1S/C33H27N5O2/c39-32(36-25-11-12-25)23-9-4-7-21(16-23)20-6-3-8-22(15-20)28-17-29(31-27(37-28)13-14-35-33(31)40)38-30-19-34-18-24-5-1-2-10-26(24)30/h1-10,15-19,25H,11-14H2,(H,35,40)(H,36,39)(H,37,38). The van der Waals surface area contributed by atoms with Gasteiger partial charge in [0.25, 0.3) is 11.8 Å². The Morgan fingerprint density at radius 1 is 0.850 bits per heavy atom. The number of carbonyl (C=O) groups excluding carboxylic acids is 2. The minimum Gasteiger partial charge on any atom is -0.353 e. The van der Waals surface area contributed by atoms with E-state index in [4.69, 9.17) is 4.98 Å². The number of benzene rings is 3. The molecule has 40 heavy (non-hydrogen) atoms. The second-order valence-corrected chi connectivity index (χ2v) is 10.3. The summed E-state index contributed by atoms with van der Waals surface area (Å²) < 4.78 is 0. The Morgan fingerprint density at radius 3 is 2.52 bits per heavy atom. The summed E-state index contributed by atoms with van der Waals surface area (Å²) in [6, 6.07) is 26.1. The van der Waals surface area contributed by atoms with Gasteiger partial charge >= 0.3 is 0 Å². The van der Waals surface area contributed by atoms with Crippen LogP contribution in [-0.4, -0.2) is 34.4 Å². The van der Waals surface area contributed by atoms with E-state index in [0.29, 0.717) is 35.8 Å². The molecule has 3 heterocycles. The summed E-state index contributed by atoms with van der Waals surface area (Å²) in [7, 11) is 0. The highest BCUT2D eigenvalue weighted by molar-refractivity contribution is 6.04. The lowest BCUT2D eigenvalue weighted by Crippen LogP contribution is -2.33.